The molecule has 0 fully saturated rings. The van der Waals surface area contributed by atoms with Crippen molar-refractivity contribution in [3.63, 3.8) is 0 Å². The fourth-order valence-electron chi connectivity index (χ4n) is 1.49. The number of carbonyl (C=O) groups excluding carboxylic acids is 1. The van der Waals surface area contributed by atoms with E-state index in [0.29, 0.717) is 10.0 Å². The summed E-state index contributed by atoms with van der Waals surface area (Å²) in [4.78, 5) is 12.1. The van der Waals surface area contributed by atoms with Gasteiger partial charge in [-0.2, -0.15) is 0 Å². The van der Waals surface area contributed by atoms with Gasteiger partial charge in [-0.25, -0.2) is 0 Å². The van der Waals surface area contributed by atoms with Gasteiger partial charge in [0, 0.05) is 0 Å². The Labute approximate surface area is 111 Å². The molecular formula is C13H11NO3Se. The summed E-state index contributed by atoms with van der Waals surface area (Å²) < 4.78 is 4.85. The van der Waals surface area contributed by atoms with E-state index >= 15 is 0 Å². The Kier molecular flexibility index (Phi) is 4.50. The Morgan fingerprint density at radius 1 is 1.06 bits per heavy atom. The molecule has 5 heteroatoms. The second kappa shape index (κ2) is 6.33. The van der Waals surface area contributed by atoms with Crippen LogP contribution < -0.4 is 9.78 Å². The number of nitrogens with one attached hydrogen (secondary N) is 1. The number of carbonyl (C=O) groups is 1. The van der Waals surface area contributed by atoms with Crippen molar-refractivity contribution in [2.75, 3.05) is 5.32 Å². The average Bonchev–Trinajstić information content (AvgIpc) is 2.41. The van der Waals surface area contributed by atoms with Crippen molar-refractivity contribution in [2.24, 2.45) is 0 Å². The van der Waals surface area contributed by atoms with E-state index < -0.39 is 15.3 Å². The molecule has 2 N–H and O–H groups in total. The molecule has 0 atom stereocenters. The standard InChI is InChI=1S/C13H11NO3Se/c15-13(14-10-6-2-1-3-7-10)11-8-4-5-9-12(11)18-17-16/h1-9,16H,(H,14,15). The molecule has 4 nitrogen and oxygen atoms in total. The van der Waals surface area contributed by atoms with E-state index in [1.54, 1.807) is 24.3 Å². The van der Waals surface area contributed by atoms with Crippen LogP contribution in [0.15, 0.2) is 54.6 Å². The fraction of sp³-hybridized carbons (Fsp3) is 0. The van der Waals surface area contributed by atoms with Gasteiger partial charge in [-0.05, 0) is 0 Å². The van der Waals surface area contributed by atoms with Crippen LogP contribution in [0.25, 0.3) is 0 Å². The quantitative estimate of drug-likeness (QED) is 0.513. The zero-order chi connectivity index (χ0) is 12.8. The van der Waals surface area contributed by atoms with E-state index in [1.807, 2.05) is 30.3 Å². The maximum atomic E-state index is 12.1. The van der Waals surface area contributed by atoms with Crippen LogP contribution in [0.3, 0.4) is 0 Å². The Balaban J connectivity index is 2.19. The minimum absolute atomic E-state index is 0.212. The van der Waals surface area contributed by atoms with Crippen LogP contribution in [-0.2, 0) is 3.97 Å². The molecular weight excluding hydrogens is 297 g/mol. The third kappa shape index (κ3) is 3.18. The van der Waals surface area contributed by atoms with Gasteiger partial charge in [-0.15, -0.1) is 0 Å². The van der Waals surface area contributed by atoms with Crippen molar-refractivity contribution in [1.82, 2.24) is 0 Å². The predicted molar refractivity (Wildman–Crippen MR) is 69.9 cm³/mol. The van der Waals surface area contributed by atoms with E-state index in [-0.39, 0.29) is 5.91 Å². The number of rotatable bonds is 4. The number of hydrogen-bond donors (Lipinski definition) is 2. The second-order valence-corrected chi connectivity index (χ2v) is 5.06. The molecule has 0 spiro atoms. The normalized spacial score (nSPS) is 10.1. The summed E-state index contributed by atoms with van der Waals surface area (Å²) in [6, 6.07) is 16.2. The summed E-state index contributed by atoms with van der Waals surface area (Å²) >= 11 is -0.579. The van der Waals surface area contributed by atoms with E-state index in [1.165, 1.54) is 0 Å². The van der Waals surface area contributed by atoms with Crippen LogP contribution in [0.2, 0.25) is 0 Å². The number of anilines is 1. The molecule has 0 unspecified atom stereocenters. The molecule has 92 valence electrons. The van der Waals surface area contributed by atoms with Crippen LogP contribution in [0.1, 0.15) is 10.4 Å². The van der Waals surface area contributed by atoms with Crippen LogP contribution in [0.5, 0.6) is 0 Å². The van der Waals surface area contributed by atoms with Crippen molar-refractivity contribution in [2.45, 2.75) is 0 Å². The SMILES string of the molecule is O=C(Nc1ccccc1)c1ccccc1[Se]OO. The third-order valence-electron chi connectivity index (χ3n) is 2.29. The van der Waals surface area contributed by atoms with Crippen LogP contribution >= 0.6 is 0 Å². The molecule has 18 heavy (non-hydrogen) atoms. The molecule has 1 amide bonds. The molecule has 2 rings (SSSR count). The summed E-state index contributed by atoms with van der Waals surface area (Å²) in [5.41, 5.74) is 1.24. The van der Waals surface area contributed by atoms with E-state index in [9.17, 15) is 4.79 Å². The maximum absolute atomic E-state index is 12.1. The average molecular weight is 308 g/mol. The van der Waals surface area contributed by atoms with Gasteiger partial charge in [0.05, 0.1) is 0 Å². The van der Waals surface area contributed by atoms with E-state index in [0.717, 1.165) is 5.69 Å². The molecule has 0 aliphatic rings. The molecule has 0 heterocycles. The first kappa shape index (κ1) is 12.8. The van der Waals surface area contributed by atoms with Crippen molar-refractivity contribution in [1.29, 1.82) is 0 Å². The van der Waals surface area contributed by atoms with Gasteiger partial charge < -0.3 is 0 Å². The Hall–Kier alpha value is -1.65. The topological polar surface area (TPSA) is 58.6 Å². The number of benzene rings is 2. The van der Waals surface area contributed by atoms with Crippen LogP contribution in [0, 0.1) is 0 Å². The first-order valence-corrected chi connectivity index (χ1v) is 6.80. The summed E-state index contributed by atoms with van der Waals surface area (Å²) in [7, 11) is 0. The monoisotopic (exact) mass is 309 g/mol. The van der Waals surface area contributed by atoms with Gasteiger partial charge in [-0.1, -0.05) is 0 Å². The molecule has 0 aliphatic heterocycles. The van der Waals surface area contributed by atoms with Gasteiger partial charge in [-0.3, -0.25) is 0 Å². The molecule has 0 aliphatic carbocycles. The van der Waals surface area contributed by atoms with Gasteiger partial charge in [0.15, 0.2) is 0 Å². The number of hydrogen-bond acceptors (Lipinski definition) is 3. The minimum atomic E-state index is -0.579. The van der Waals surface area contributed by atoms with Crippen molar-refractivity contribution < 1.29 is 14.0 Å². The number of para-hydroxylation sites is 1. The zero-order valence-electron chi connectivity index (χ0n) is 9.37. The third-order valence-corrected chi connectivity index (χ3v) is 3.57. The summed E-state index contributed by atoms with van der Waals surface area (Å²) in [6.45, 7) is 0. The second-order valence-electron chi connectivity index (χ2n) is 3.47. The Morgan fingerprint density at radius 3 is 2.44 bits per heavy atom. The van der Waals surface area contributed by atoms with E-state index in [2.05, 4.69) is 9.29 Å². The van der Waals surface area contributed by atoms with Gasteiger partial charge in [0.1, 0.15) is 0 Å². The number of amides is 1. The predicted octanol–water partition coefficient (Wildman–Crippen LogP) is 1.67. The van der Waals surface area contributed by atoms with Crippen LogP contribution in [0.4, 0.5) is 5.69 Å². The fourth-order valence-corrected chi connectivity index (χ4v) is 2.46. The first-order chi connectivity index (χ1) is 8.81. The molecule has 0 saturated heterocycles. The summed E-state index contributed by atoms with van der Waals surface area (Å²) in [5, 5.41) is 11.3. The first-order valence-electron chi connectivity index (χ1n) is 5.25. The summed E-state index contributed by atoms with van der Waals surface area (Å²) in [6.07, 6.45) is 0. The molecule has 2 aromatic carbocycles. The molecule has 0 aromatic heterocycles. The van der Waals surface area contributed by atoms with Crippen molar-refractivity contribution in [3.05, 3.63) is 60.2 Å². The zero-order valence-corrected chi connectivity index (χ0v) is 11.1. The van der Waals surface area contributed by atoms with Crippen molar-refractivity contribution in [3.8, 4) is 0 Å². The van der Waals surface area contributed by atoms with Gasteiger partial charge >= 0.3 is 111 Å². The Morgan fingerprint density at radius 2 is 1.72 bits per heavy atom. The van der Waals surface area contributed by atoms with Gasteiger partial charge in [0.25, 0.3) is 0 Å². The molecule has 0 bridgehead atoms. The van der Waals surface area contributed by atoms with Crippen LogP contribution in [-0.4, -0.2) is 26.5 Å². The summed E-state index contributed by atoms with van der Waals surface area (Å²) in [5.74, 6) is -0.212. The molecule has 0 radical (unpaired) electrons. The molecule has 2 aromatic rings. The van der Waals surface area contributed by atoms with Crippen molar-refractivity contribution >= 4 is 31.3 Å². The van der Waals surface area contributed by atoms with Gasteiger partial charge in [0.2, 0.25) is 0 Å². The Bertz CT molecular complexity index is 531. The molecule has 0 saturated carbocycles. The van der Waals surface area contributed by atoms with E-state index in [4.69, 9.17) is 5.26 Å².